The van der Waals surface area contributed by atoms with Gasteiger partial charge in [-0.15, -0.1) is 11.3 Å². The number of rotatable bonds is 3. The van der Waals surface area contributed by atoms with Gasteiger partial charge in [-0.05, 0) is 24.3 Å². The second-order valence-corrected chi connectivity index (χ2v) is 5.55. The second-order valence-electron chi connectivity index (χ2n) is 4.11. The van der Waals surface area contributed by atoms with Crippen molar-refractivity contribution in [1.82, 2.24) is 5.32 Å². The molecule has 1 aromatic heterocycles. The van der Waals surface area contributed by atoms with Crippen LogP contribution in [0, 0.1) is 17.7 Å². The standard InChI is InChI=1S/C15H12ClFN2OS/c16-11-3-4-13(14(17)7-11)15(20)19-8-12-6-10(9-21-12)2-1-5-18/h3-4,6-7,9H,5,8,18H2,(H,19,20). The van der Waals surface area contributed by atoms with Crippen LogP contribution >= 0.6 is 22.9 Å². The Morgan fingerprint density at radius 3 is 2.95 bits per heavy atom. The molecule has 0 saturated heterocycles. The van der Waals surface area contributed by atoms with Gasteiger partial charge in [-0.2, -0.15) is 0 Å². The maximum atomic E-state index is 13.6. The van der Waals surface area contributed by atoms with Crippen molar-refractivity contribution >= 4 is 28.8 Å². The van der Waals surface area contributed by atoms with E-state index in [1.165, 1.54) is 23.5 Å². The Hall–Kier alpha value is -1.87. The van der Waals surface area contributed by atoms with Crippen LogP contribution in [-0.2, 0) is 6.54 Å². The summed E-state index contributed by atoms with van der Waals surface area (Å²) >= 11 is 7.12. The molecule has 0 aliphatic rings. The number of nitrogens with two attached hydrogens (primary N) is 1. The average Bonchev–Trinajstić information content (AvgIpc) is 2.90. The zero-order chi connectivity index (χ0) is 15.2. The molecule has 0 aliphatic carbocycles. The van der Waals surface area contributed by atoms with Gasteiger partial charge in [-0.25, -0.2) is 4.39 Å². The molecule has 0 fully saturated rings. The van der Waals surface area contributed by atoms with E-state index in [0.29, 0.717) is 13.1 Å². The lowest BCUT2D eigenvalue weighted by atomic mass is 10.2. The SMILES string of the molecule is NCC#Cc1csc(CNC(=O)c2ccc(Cl)cc2F)c1. The summed E-state index contributed by atoms with van der Waals surface area (Å²) in [5.41, 5.74) is 6.12. The third-order valence-electron chi connectivity index (χ3n) is 2.59. The highest BCUT2D eigenvalue weighted by atomic mass is 35.5. The molecule has 6 heteroatoms. The minimum absolute atomic E-state index is 0.0286. The zero-order valence-corrected chi connectivity index (χ0v) is 12.5. The van der Waals surface area contributed by atoms with Crippen molar-refractivity contribution in [2.45, 2.75) is 6.54 Å². The number of halogens is 2. The lowest BCUT2D eigenvalue weighted by Crippen LogP contribution is -2.23. The molecule has 0 bridgehead atoms. The molecule has 0 atom stereocenters. The van der Waals surface area contributed by atoms with Gasteiger partial charge in [0.15, 0.2) is 0 Å². The summed E-state index contributed by atoms with van der Waals surface area (Å²) < 4.78 is 13.6. The normalized spacial score (nSPS) is 9.86. The van der Waals surface area contributed by atoms with E-state index in [2.05, 4.69) is 17.2 Å². The van der Waals surface area contributed by atoms with Gasteiger partial charge in [-0.1, -0.05) is 23.4 Å². The molecular weight excluding hydrogens is 311 g/mol. The van der Waals surface area contributed by atoms with Crippen LogP contribution in [0.5, 0.6) is 0 Å². The maximum absolute atomic E-state index is 13.6. The van der Waals surface area contributed by atoms with Crippen molar-refractivity contribution in [2.75, 3.05) is 6.54 Å². The van der Waals surface area contributed by atoms with Crippen molar-refractivity contribution in [1.29, 1.82) is 0 Å². The molecule has 0 spiro atoms. The quantitative estimate of drug-likeness (QED) is 0.854. The summed E-state index contributed by atoms with van der Waals surface area (Å²) in [5.74, 6) is 4.55. The van der Waals surface area contributed by atoms with Gasteiger partial charge in [0, 0.05) is 20.8 Å². The Balaban J connectivity index is 1.99. The van der Waals surface area contributed by atoms with E-state index in [1.54, 1.807) is 0 Å². The van der Waals surface area contributed by atoms with E-state index in [1.807, 2.05) is 11.4 Å². The molecule has 21 heavy (non-hydrogen) atoms. The zero-order valence-electron chi connectivity index (χ0n) is 11.0. The fraction of sp³-hybridized carbons (Fsp3) is 0.133. The van der Waals surface area contributed by atoms with Gasteiger partial charge in [-0.3, -0.25) is 4.79 Å². The highest BCUT2D eigenvalue weighted by Gasteiger charge is 2.11. The number of benzene rings is 1. The van der Waals surface area contributed by atoms with Crippen molar-refractivity contribution in [3.8, 4) is 11.8 Å². The van der Waals surface area contributed by atoms with Gasteiger partial charge in [0.2, 0.25) is 0 Å². The summed E-state index contributed by atoms with van der Waals surface area (Å²) in [6, 6.07) is 5.82. The molecular formula is C15H12ClFN2OS. The molecule has 1 heterocycles. The number of thiophene rings is 1. The Morgan fingerprint density at radius 1 is 1.43 bits per heavy atom. The molecule has 2 rings (SSSR count). The predicted octanol–water partition coefficient (Wildman–Crippen LogP) is 2.78. The lowest BCUT2D eigenvalue weighted by molar-refractivity contribution is 0.0947. The Morgan fingerprint density at radius 2 is 2.24 bits per heavy atom. The molecule has 1 aromatic carbocycles. The van der Waals surface area contributed by atoms with Crippen molar-refractivity contribution in [3.05, 3.63) is 56.5 Å². The number of nitrogens with one attached hydrogen (secondary N) is 1. The Kier molecular flexibility index (Phi) is 5.34. The minimum atomic E-state index is -0.638. The topological polar surface area (TPSA) is 55.1 Å². The molecule has 0 radical (unpaired) electrons. The molecule has 0 unspecified atom stereocenters. The highest BCUT2D eigenvalue weighted by Crippen LogP contribution is 2.16. The number of carbonyl (C=O) groups is 1. The van der Waals surface area contributed by atoms with Crippen LogP contribution in [0.1, 0.15) is 20.8 Å². The summed E-state index contributed by atoms with van der Waals surface area (Å²) in [6.07, 6.45) is 0. The van der Waals surface area contributed by atoms with Crippen LogP contribution in [0.2, 0.25) is 5.02 Å². The highest BCUT2D eigenvalue weighted by molar-refractivity contribution is 7.10. The maximum Gasteiger partial charge on any atom is 0.254 e. The van der Waals surface area contributed by atoms with Crippen molar-refractivity contribution in [3.63, 3.8) is 0 Å². The fourth-order valence-electron chi connectivity index (χ4n) is 1.63. The molecule has 1 amide bonds. The number of amides is 1. The van der Waals surface area contributed by atoms with Crippen molar-refractivity contribution in [2.24, 2.45) is 5.73 Å². The van der Waals surface area contributed by atoms with Crippen LogP contribution in [0.25, 0.3) is 0 Å². The first-order valence-corrected chi connectivity index (χ1v) is 7.35. The number of carbonyl (C=O) groups excluding carboxylic acids is 1. The lowest BCUT2D eigenvalue weighted by Gasteiger charge is -2.05. The van der Waals surface area contributed by atoms with E-state index < -0.39 is 11.7 Å². The predicted molar refractivity (Wildman–Crippen MR) is 82.8 cm³/mol. The summed E-state index contributed by atoms with van der Waals surface area (Å²) in [5, 5.41) is 4.80. The van der Waals surface area contributed by atoms with E-state index in [-0.39, 0.29) is 10.6 Å². The molecule has 3 nitrogen and oxygen atoms in total. The van der Waals surface area contributed by atoms with Crippen LogP contribution in [0.15, 0.2) is 29.6 Å². The summed E-state index contributed by atoms with van der Waals surface area (Å²) in [7, 11) is 0. The molecule has 2 aromatic rings. The third kappa shape index (κ3) is 4.30. The molecule has 3 N–H and O–H groups in total. The number of hydrogen-bond acceptors (Lipinski definition) is 3. The first-order valence-electron chi connectivity index (χ1n) is 6.09. The summed E-state index contributed by atoms with van der Waals surface area (Å²) in [6.45, 7) is 0.619. The molecule has 0 aliphatic heterocycles. The van der Waals surface area contributed by atoms with Gasteiger partial charge < -0.3 is 11.1 Å². The number of hydrogen-bond donors (Lipinski definition) is 2. The van der Waals surface area contributed by atoms with Crippen LogP contribution in [-0.4, -0.2) is 12.5 Å². The van der Waals surface area contributed by atoms with Gasteiger partial charge >= 0.3 is 0 Å². The smallest absolute Gasteiger partial charge is 0.254 e. The third-order valence-corrected chi connectivity index (χ3v) is 3.76. The van der Waals surface area contributed by atoms with Crippen LogP contribution in [0.4, 0.5) is 4.39 Å². The van der Waals surface area contributed by atoms with Gasteiger partial charge in [0.25, 0.3) is 5.91 Å². The average molecular weight is 323 g/mol. The second kappa shape index (κ2) is 7.23. The van der Waals surface area contributed by atoms with E-state index in [9.17, 15) is 9.18 Å². The van der Waals surface area contributed by atoms with E-state index in [0.717, 1.165) is 16.5 Å². The van der Waals surface area contributed by atoms with Crippen LogP contribution < -0.4 is 11.1 Å². The summed E-state index contributed by atoms with van der Waals surface area (Å²) in [4.78, 5) is 12.8. The Labute approximate surface area is 130 Å². The van der Waals surface area contributed by atoms with Gasteiger partial charge in [0.1, 0.15) is 5.82 Å². The largest absolute Gasteiger partial charge is 0.347 e. The van der Waals surface area contributed by atoms with Crippen molar-refractivity contribution < 1.29 is 9.18 Å². The van der Waals surface area contributed by atoms with E-state index in [4.69, 9.17) is 17.3 Å². The van der Waals surface area contributed by atoms with Gasteiger partial charge in [0.05, 0.1) is 18.7 Å². The Bertz CT molecular complexity index is 718. The fourth-order valence-corrected chi connectivity index (χ4v) is 2.54. The first-order chi connectivity index (χ1) is 10.1. The minimum Gasteiger partial charge on any atom is -0.347 e. The molecule has 0 saturated carbocycles. The monoisotopic (exact) mass is 322 g/mol. The van der Waals surface area contributed by atoms with Crippen LogP contribution in [0.3, 0.4) is 0 Å². The molecule has 108 valence electrons. The van der Waals surface area contributed by atoms with E-state index >= 15 is 0 Å². The first kappa shape index (κ1) is 15.5.